The van der Waals surface area contributed by atoms with Crippen molar-refractivity contribution in [3.63, 3.8) is 0 Å². The summed E-state index contributed by atoms with van der Waals surface area (Å²) >= 11 is 0. The molecule has 0 aromatic carbocycles. The predicted molar refractivity (Wildman–Crippen MR) is 58.3 cm³/mol. The van der Waals surface area contributed by atoms with E-state index in [-0.39, 0.29) is 25.5 Å². The van der Waals surface area contributed by atoms with E-state index >= 15 is 0 Å². The van der Waals surface area contributed by atoms with Crippen molar-refractivity contribution in [3.8, 4) is 6.07 Å². The van der Waals surface area contributed by atoms with Gasteiger partial charge in [0.05, 0.1) is 19.1 Å². The molecule has 90 valence electrons. The van der Waals surface area contributed by atoms with E-state index in [1.54, 1.807) is 6.92 Å². The maximum Gasteiger partial charge on any atom is 0.397 e. The molecule has 1 amide bonds. The maximum atomic E-state index is 11.6. The van der Waals surface area contributed by atoms with Gasteiger partial charge in [-0.2, -0.15) is 5.26 Å². The number of amides is 1. The molecule has 16 heavy (non-hydrogen) atoms. The van der Waals surface area contributed by atoms with Crippen LogP contribution in [0, 0.1) is 17.2 Å². The Bertz CT molecular complexity index is 281. The molecule has 0 heterocycles. The van der Waals surface area contributed by atoms with Gasteiger partial charge in [0.25, 0.3) is 0 Å². The molecule has 0 aromatic rings. The van der Waals surface area contributed by atoms with E-state index in [0.29, 0.717) is 6.54 Å². The number of nitrogens with zero attached hydrogens (tertiary/aromatic N) is 2. The standard InChI is InChI=1S/C11H18N2O3/c1-4-16-11(15)10(14)13(7-5-6-12)8-9(2)3/h9H,4-5,7-8H2,1-3H3. The second-order valence-corrected chi connectivity index (χ2v) is 3.77. The highest BCUT2D eigenvalue weighted by Crippen LogP contribution is 2.01. The molecule has 0 aromatic heterocycles. The second-order valence-electron chi connectivity index (χ2n) is 3.77. The monoisotopic (exact) mass is 226 g/mol. The number of carbonyl (C=O) groups is 2. The molecule has 0 atom stereocenters. The summed E-state index contributed by atoms with van der Waals surface area (Å²) in [7, 11) is 0. The largest absolute Gasteiger partial charge is 0.459 e. The first-order valence-corrected chi connectivity index (χ1v) is 5.35. The van der Waals surface area contributed by atoms with Gasteiger partial charge in [0.2, 0.25) is 0 Å². The minimum Gasteiger partial charge on any atom is -0.459 e. The van der Waals surface area contributed by atoms with Gasteiger partial charge < -0.3 is 9.64 Å². The zero-order chi connectivity index (χ0) is 12.6. The molecule has 5 heteroatoms. The summed E-state index contributed by atoms with van der Waals surface area (Å²) in [4.78, 5) is 24.2. The van der Waals surface area contributed by atoms with E-state index in [9.17, 15) is 9.59 Å². The third kappa shape index (κ3) is 5.35. The summed E-state index contributed by atoms with van der Waals surface area (Å²) in [5.74, 6) is -1.26. The van der Waals surface area contributed by atoms with Crippen LogP contribution in [0.15, 0.2) is 0 Å². The van der Waals surface area contributed by atoms with E-state index in [4.69, 9.17) is 5.26 Å². The summed E-state index contributed by atoms with van der Waals surface area (Å²) in [5, 5.41) is 8.47. The van der Waals surface area contributed by atoms with Gasteiger partial charge in [0.15, 0.2) is 0 Å². The summed E-state index contributed by atoms with van der Waals surface area (Å²) < 4.78 is 4.63. The van der Waals surface area contributed by atoms with Crippen LogP contribution in [0.1, 0.15) is 27.2 Å². The quantitative estimate of drug-likeness (QED) is 0.517. The summed E-state index contributed by atoms with van der Waals surface area (Å²) in [6.07, 6.45) is 0.220. The zero-order valence-corrected chi connectivity index (χ0v) is 10.0. The second kappa shape index (κ2) is 7.69. The minimum absolute atomic E-state index is 0.179. The van der Waals surface area contributed by atoms with Crippen LogP contribution < -0.4 is 0 Å². The predicted octanol–water partition coefficient (Wildman–Crippen LogP) is 0.948. The molecular formula is C11H18N2O3. The van der Waals surface area contributed by atoms with Gasteiger partial charge in [-0.05, 0) is 12.8 Å². The van der Waals surface area contributed by atoms with Crippen LogP contribution in [0.4, 0.5) is 0 Å². The Kier molecular flexibility index (Phi) is 6.93. The lowest BCUT2D eigenvalue weighted by molar-refractivity contribution is -0.160. The van der Waals surface area contributed by atoms with Crippen molar-refractivity contribution in [3.05, 3.63) is 0 Å². The number of hydrogen-bond donors (Lipinski definition) is 0. The Morgan fingerprint density at radius 2 is 2.06 bits per heavy atom. The number of rotatable bonds is 5. The van der Waals surface area contributed by atoms with Crippen LogP contribution >= 0.6 is 0 Å². The number of nitriles is 1. The molecule has 0 unspecified atom stereocenters. The molecule has 0 radical (unpaired) electrons. The SMILES string of the molecule is CCOC(=O)C(=O)N(CCC#N)CC(C)C. The van der Waals surface area contributed by atoms with Crippen LogP contribution in [0.25, 0.3) is 0 Å². The summed E-state index contributed by atoms with van der Waals surface area (Å²) in [6, 6.07) is 1.95. The van der Waals surface area contributed by atoms with Gasteiger partial charge in [-0.1, -0.05) is 13.8 Å². The Morgan fingerprint density at radius 3 is 2.50 bits per heavy atom. The molecule has 0 bridgehead atoms. The van der Waals surface area contributed by atoms with Crippen molar-refractivity contribution in [1.82, 2.24) is 4.90 Å². The van der Waals surface area contributed by atoms with Crippen LogP contribution in [-0.2, 0) is 14.3 Å². The molecule has 0 aliphatic rings. The van der Waals surface area contributed by atoms with Crippen LogP contribution in [0.2, 0.25) is 0 Å². The van der Waals surface area contributed by atoms with Gasteiger partial charge in [0.1, 0.15) is 0 Å². The van der Waals surface area contributed by atoms with E-state index in [2.05, 4.69) is 4.74 Å². The summed E-state index contributed by atoms with van der Waals surface area (Å²) in [6.45, 7) is 6.44. The fraction of sp³-hybridized carbons (Fsp3) is 0.727. The van der Waals surface area contributed by atoms with Crippen molar-refractivity contribution < 1.29 is 14.3 Å². The molecule has 0 rings (SSSR count). The number of esters is 1. The zero-order valence-electron chi connectivity index (χ0n) is 10.0. The van der Waals surface area contributed by atoms with Gasteiger partial charge >= 0.3 is 11.9 Å². The van der Waals surface area contributed by atoms with Crippen LogP contribution in [0.3, 0.4) is 0 Å². The molecule has 0 spiro atoms. The lowest BCUT2D eigenvalue weighted by Crippen LogP contribution is -2.40. The Morgan fingerprint density at radius 1 is 1.44 bits per heavy atom. The van der Waals surface area contributed by atoms with E-state index in [1.165, 1.54) is 4.90 Å². The molecule has 0 aliphatic heterocycles. The van der Waals surface area contributed by atoms with E-state index < -0.39 is 11.9 Å². The molecule has 0 N–H and O–H groups in total. The van der Waals surface area contributed by atoms with Crippen molar-refractivity contribution in [1.29, 1.82) is 5.26 Å². The molecule has 0 aliphatic carbocycles. The van der Waals surface area contributed by atoms with Crippen molar-refractivity contribution in [2.24, 2.45) is 5.92 Å². The van der Waals surface area contributed by atoms with Crippen LogP contribution in [0.5, 0.6) is 0 Å². The topological polar surface area (TPSA) is 70.4 Å². The molecular weight excluding hydrogens is 208 g/mol. The lowest BCUT2D eigenvalue weighted by Gasteiger charge is -2.22. The number of carbonyl (C=O) groups excluding carboxylic acids is 2. The first kappa shape index (κ1) is 14.4. The summed E-state index contributed by atoms with van der Waals surface area (Å²) in [5.41, 5.74) is 0. The normalized spacial score (nSPS) is 9.69. The molecule has 0 saturated carbocycles. The first-order valence-electron chi connectivity index (χ1n) is 5.35. The third-order valence-corrected chi connectivity index (χ3v) is 1.82. The smallest absolute Gasteiger partial charge is 0.397 e. The van der Waals surface area contributed by atoms with Crippen molar-refractivity contribution in [2.45, 2.75) is 27.2 Å². The van der Waals surface area contributed by atoms with Crippen molar-refractivity contribution in [2.75, 3.05) is 19.7 Å². The van der Waals surface area contributed by atoms with Gasteiger partial charge in [0, 0.05) is 13.1 Å². The lowest BCUT2D eigenvalue weighted by atomic mass is 10.2. The molecule has 5 nitrogen and oxygen atoms in total. The third-order valence-electron chi connectivity index (χ3n) is 1.82. The Labute approximate surface area is 96.0 Å². The molecule has 0 fully saturated rings. The molecule has 0 saturated heterocycles. The Hall–Kier alpha value is -1.57. The maximum absolute atomic E-state index is 11.6. The average Bonchev–Trinajstić information content (AvgIpc) is 2.23. The van der Waals surface area contributed by atoms with Crippen molar-refractivity contribution >= 4 is 11.9 Å². The van der Waals surface area contributed by atoms with Gasteiger partial charge in [-0.3, -0.25) is 4.79 Å². The fourth-order valence-corrected chi connectivity index (χ4v) is 1.22. The minimum atomic E-state index is -0.846. The average molecular weight is 226 g/mol. The fourth-order valence-electron chi connectivity index (χ4n) is 1.22. The highest BCUT2D eigenvalue weighted by Gasteiger charge is 2.23. The first-order chi connectivity index (χ1) is 7.52. The number of ether oxygens (including phenoxy) is 1. The Balaban J connectivity index is 4.43. The van der Waals surface area contributed by atoms with E-state index in [0.717, 1.165) is 0 Å². The highest BCUT2D eigenvalue weighted by atomic mass is 16.5. The van der Waals surface area contributed by atoms with Gasteiger partial charge in [-0.15, -0.1) is 0 Å². The van der Waals surface area contributed by atoms with Gasteiger partial charge in [-0.25, -0.2) is 4.79 Å². The highest BCUT2D eigenvalue weighted by molar-refractivity contribution is 6.32. The van der Waals surface area contributed by atoms with Crippen LogP contribution in [-0.4, -0.2) is 36.5 Å². The number of hydrogen-bond acceptors (Lipinski definition) is 4. The van der Waals surface area contributed by atoms with E-state index in [1.807, 2.05) is 19.9 Å².